The molecule has 1 N–H and O–H groups in total. The van der Waals surface area contributed by atoms with E-state index in [1.807, 2.05) is 0 Å². The van der Waals surface area contributed by atoms with Gasteiger partial charge in [0, 0.05) is 11.8 Å². The van der Waals surface area contributed by atoms with Crippen molar-refractivity contribution in [2.45, 2.75) is 6.92 Å². The molecule has 1 amide bonds. The Kier molecular flexibility index (Phi) is 7.31. The number of hydrogen-bond acceptors (Lipinski definition) is 6. The molecule has 7 nitrogen and oxygen atoms in total. The maximum atomic E-state index is 12.2. The number of hydrogen-bond donors (Lipinski definition) is 1. The molecule has 8 heteroatoms. The summed E-state index contributed by atoms with van der Waals surface area (Å²) in [7, 11) is 2.96. The topological polar surface area (TPSA) is 83.1 Å². The summed E-state index contributed by atoms with van der Waals surface area (Å²) in [5, 5.41) is 2.83. The predicted octanol–water partition coefficient (Wildman–Crippen LogP) is 3.55. The van der Waals surface area contributed by atoms with Gasteiger partial charge in [0.05, 0.1) is 31.4 Å². The molecule has 144 valence electrons. The van der Waals surface area contributed by atoms with Crippen molar-refractivity contribution in [2.24, 2.45) is 0 Å². The quantitative estimate of drug-likeness (QED) is 0.690. The number of carbonyl (C=O) groups excluding carboxylic acids is 2. The van der Waals surface area contributed by atoms with Crippen LogP contribution in [-0.2, 0) is 9.53 Å². The molecular formula is C19H20ClNO6. The molecule has 0 fully saturated rings. The highest BCUT2D eigenvalue weighted by Gasteiger charge is 2.17. The number of rotatable bonds is 8. The monoisotopic (exact) mass is 393 g/mol. The summed E-state index contributed by atoms with van der Waals surface area (Å²) in [6.07, 6.45) is 0. The van der Waals surface area contributed by atoms with Crippen LogP contribution >= 0.6 is 11.6 Å². The molecule has 0 saturated heterocycles. The van der Waals surface area contributed by atoms with E-state index in [9.17, 15) is 9.59 Å². The lowest BCUT2D eigenvalue weighted by atomic mass is 10.2. The van der Waals surface area contributed by atoms with Crippen LogP contribution in [0.1, 0.15) is 17.3 Å². The van der Waals surface area contributed by atoms with Crippen LogP contribution in [0.5, 0.6) is 17.2 Å². The van der Waals surface area contributed by atoms with Gasteiger partial charge in [-0.2, -0.15) is 0 Å². The van der Waals surface area contributed by atoms with Gasteiger partial charge in [-0.05, 0) is 31.2 Å². The summed E-state index contributed by atoms with van der Waals surface area (Å²) in [6, 6.07) is 9.67. The van der Waals surface area contributed by atoms with Crippen LogP contribution < -0.4 is 19.5 Å². The number of amides is 1. The third kappa shape index (κ3) is 5.52. The maximum absolute atomic E-state index is 12.2. The minimum absolute atomic E-state index is 0.148. The van der Waals surface area contributed by atoms with E-state index in [0.717, 1.165) is 0 Å². The summed E-state index contributed by atoms with van der Waals surface area (Å²) in [5.41, 5.74) is 0.677. The molecule has 0 saturated carbocycles. The van der Waals surface area contributed by atoms with Gasteiger partial charge in [0.25, 0.3) is 5.91 Å². The Morgan fingerprint density at radius 2 is 1.89 bits per heavy atom. The number of carbonyl (C=O) groups is 2. The lowest BCUT2D eigenvalue weighted by Crippen LogP contribution is -2.21. The van der Waals surface area contributed by atoms with Gasteiger partial charge in [0.2, 0.25) is 0 Å². The second-order valence-electron chi connectivity index (χ2n) is 5.28. The van der Waals surface area contributed by atoms with Crippen molar-refractivity contribution in [3.63, 3.8) is 0 Å². The average molecular weight is 394 g/mol. The van der Waals surface area contributed by atoms with Gasteiger partial charge < -0.3 is 24.3 Å². The summed E-state index contributed by atoms with van der Waals surface area (Å²) in [5.74, 6) is 0.0479. The number of esters is 1. The molecule has 2 aromatic carbocycles. The molecule has 0 aliphatic carbocycles. The zero-order chi connectivity index (χ0) is 19.8. The van der Waals surface area contributed by atoms with Crippen molar-refractivity contribution in [3.8, 4) is 17.2 Å². The first-order valence-electron chi connectivity index (χ1n) is 8.09. The van der Waals surface area contributed by atoms with E-state index in [0.29, 0.717) is 29.5 Å². The van der Waals surface area contributed by atoms with Gasteiger partial charge in [0.1, 0.15) is 5.75 Å². The van der Waals surface area contributed by atoms with Gasteiger partial charge >= 0.3 is 5.97 Å². The molecule has 0 aliphatic heterocycles. The van der Waals surface area contributed by atoms with Crippen LogP contribution in [-0.4, -0.2) is 39.3 Å². The first kappa shape index (κ1) is 20.4. The van der Waals surface area contributed by atoms with Crippen LogP contribution in [0, 0.1) is 0 Å². The molecule has 2 rings (SSSR count). The van der Waals surface area contributed by atoms with Crippen molar-refractivity contribution >= 4 is 29.2 Å². The summed E-state index contributed by atoms with van der Waals surface area (Å²) in [6.45, 7) is 1.74. The van der Waals surface area contributed by atoms with Gasteiger partial charge in [-0.15, -0.1) is 0 Å². The van der Waals surface area contributed by atoms with Crippen LogP contribution in [0.25, 0.3) is 0 Å². The molecule has 0 heterocycles. The van der Waals surface area contributed by atoms with Gasteiger partial charge in [0.15, 0.2) is 18.1 Å². The minimum atomic E-state index is -0.709. The van der Waals surface area contributed by atoms with Crippen molar-refractivity contribution < 1.29 is 28.5 Å². The maximum Gasteiger partial charge on any atom is 0.338 e. The predicted molar refractivity (Wildman–Crippen MR) is 101 cm³/mol. The zero-order valence-electron chi connectivity index (χ0n) is 15.2. The fraction of sp³-hybridized carbons (Fsp3) is 0.263. The Morgan fingerprint density at radius 3 is 2.56 bits per heavy atom. The number of nitrogens with one attached hydrogen (secondary N) is 1. The third-order valence-electron chi connectivity index (χ3n) is 3.44. The Bertz CT molecular complexity index is 824. The molecule has 0 radical (unpaired) electrons. The highest BCUT2D eigenvalue weighted by Crippen LogP contribution is 2.36. The zero-order valence-corrected chi connectivity index (χ0v) is 16.0. The van der Waals surface area contributed by atoms with E-state index >= 15 is 0 Å². The van der Waals surface area contributed by atoms with E-state index in [1.54, 1.807) is 31.2 Å². The highest BCUT2D eigenvalue weighted by atomic mass is 35.5. The van der Waals surface area contributed by atoms with E-state index < -0.39 is 18.5 Å². The number of anilines is 1. The molecule has 0 bridgehead atoms. The fourth-order valence-electron chi connectivity index (χ4n) is 2.23. The van der Waals surface area contributed by atoms with Crippen molar-refractivity contribution in [2.75, 3.05) is 32.8 Å². The molecule has 0 aromatic heterocycles. The molecule has 0 unspecified atom stereocenters. The van der Waals surface area contributed by atoms with Gasteiger partial charge in [-0.25, -0.2) is 4.79 Å². The van der Waals surface area contributed by atoms with Crippen LogP contribution in [0.15, 0.2) is 36.4 Å². The Balaban J connectivity index is 2.00. The number of benzene rings is 2. The molecule has 2 aromatic rings. The number of halogens is 1. The van der Waals surface area contributed by atoms with Crippen LogP contribution in [0.2, 0.25) is 5.02 Å². The lowest BCUT2D eigenvalue weighted by Gasteiger charge is -2.13. The SMILES string of the molecule is CCOc1c(Cl)cc(C(=O)OCC(=O)Nc2cccc(OC)c2)cc1OC. The van der Waals surface area contributed by atoms with Crippen LogP contribution in [0.3, 0.4) is 0 Å². The summed E-state index contributed by atoms with van der Waals surface area (Å²) < 4.78 is 20.7. The normalized spacial score (nSPS) is 10.1. The van der Waals surface area contributed by atoms with E-state index in [2.05, 4.69) is 5.32 Å². The number of methoxy groups -OCH3 is 2. The fourth-order valence-corrected chi connectivity index (χ4v) is 2.50. The third-order valence-corrected chi connectivity index (χ3v) is 3.72. The van der Waals surface area contributed by atoms with Crippen molar-refractivity contribution in [1.29, 1.82) is 0 Å². The second-order valence-corrected chi connectivity index (χ2v) is 5.69. The van der Waals surface area contributed by atoms with Crippen molar-refractivity contribution in [3.05, 3.63) is 47.0 Å². The molecule has 0 atom stereocenters. The summed E-state index contributed by atoms with van der Waals surface area (Å²) >= 11 is 6.13. The minimum Gasteiger partial charge on any atom is -0.497 e. The second kappa shape index (κ2) is 9.68. The summed E-state index contributed by atoms with van der Waals surface area (Å²) in [4.78, 5) is 24.2. The van der Waals surface area contributed by atoms with Gasteiger partial charge in [-0.1, -0.05) is 17.7 Å². The Labute approximate surface area is 162 Å². The number of ether oxygens (including phenoxy) is 4. The molecule has 0 spiro atoms. The Hall–Kier alpha value is -2.93. The standard InChI is InChI=1S/C19H20ClNO6/c1-4-26-18-15(20)8-12(9-16(18)25-3)19(23)27-11-17(22)21-13-6-5-7-14(10-13)24-2/h5-10H,4,11H2,1-3H3,(H,21,22). The van der Waals surface area contributed by atoms with Gasteiger partial charge in [-0.3, -0.25) is 4.79 Å². The highest BCUT2D eigenvalue weighted by molar-refractivity contribution is 6.32. The molecular weight excluding hydrogens is 374 g/mol. The van der Waals surface area contributed by atoms with E-state index in [4.69, 9.17) is 30.5 Å². The largest absolute Gasteiger partial charge is 0.497 e. The molecule has 0 aliphatic rings. The lowest BCUT2D eigenvalue weighted by molar-refractivity contribution is -0.119. The van der Waals surface area contributed by atoms with E-state index in [1.165, 1.54) is 26.4 Å². The first-order chi connectivity index (χ1) is 13.0. The first-order valence-corrected chi connectivity index (χ1v) is 8.47. The average Bonchev–Trinajstić information content (AvgIpc) is 2.67. The van der Waals surface area contributed by atoms with Crippen molar-refractivity contribution in [1.82, 2.24) is 0 Å². The van der Waals surface area contributed by atoms with E-state index in [-0.39, 0.29) is 10.6 Å². The van der Waals surface area contributed by atoms with Crippen LogP contribution in [0.4, 0.5) is 5.69 Å². The Morgan fingerprint density at radius 1 is 1.11 bits per heavy atom. The molecule has 27 heavy (non-hydrogen) atoms. The smallest absolute Gasteiger partial charge is 0.338 e.